The van der Waals surface area contributed by atoms with E-state index in [1.807, 2.05) is 0 Å². The molecule has 0 aromatic heterocycles. The summed E-state index contributed by atoms with van der Waals surface area (Å²) in [5.74, 6) is 0.886. The van der Waals surface area contributed by atoms with Gasteiger partial charge in [-0.2, -0.15) is 5.26 Å². The summed E-state index contributed by atoms with van der Waals surface area (Å²) in [7, 11) is 1.56. The third-order valence-corrected chi connectivity index (χ3v) is 4.65. The molecule has 2 amide bonds. The molecule has 1 saturated heterocycles. The molecule has 0 unspecified atom stereocenters. The largest absolute Gasteiger partial charge is 0.495 e. The van der Waals surface area contributed by atoms with Gasteiger partial charge in [-0.25, -0.2) is 0 Å². The Bertz CT molecular complexity index is 919. The van der Waals surface area contributed by atoms with E-state index >= 15 is 0 Å². The van der Waals surface area contributed by atoms with Crippen LogP contribution in [0.15, 0.2) is 42.5 Å². The molecule has 3 rings (SSSR count). The van der Waals surface area contributed by atoms with E-state index in [1.165, 1.54) is 0 Å². The lowest BCUT2D eigenvalue weighted by molar-refractivity contribution is -0.119. The van der Waals surface area contributed by atoms with Crippen LogP contribution in [-0.4, -0.2) is 32.1 Å². The number of hydrogen-bond donors (Lipinski definition) is 1. The number of anilines is 2. The van der Waals surface area contributed by atoms with Crippen molar-refractivity contribution < 1.29 is 19.1 Å². The lowest BCUT2D eigenvalue weighted by Gasteiger charge is -2.28. The van der Waals surface area contributed by atoms with Crippen LogP contribution in [0.1, 0.15) is 24.8 Å². The molecule has 29 heavy (non-hydrogen) atoms. The van der Waals surface area contributed by atoms with E-state index < -0.39 is 0 Å². The minimum Gasteiger partial charge on any atom is -0.495 e. The number of rotatable bonds is 7. The Morgan fingerprint density at radius 3 is 2.69 bits per heavy atom. The summed E-state index contributed by atoms with van der Waals surface area (Å²) in [6.07, 6.45) is 2.68. The summed E-state index contributed by atoms with van der Waals surface area (Å²) in [4.78, 5) is 26.2. The van der Waals surface area contributed by atoms with Gasteiger partial charge in [-0.15, -0.1) is 0 Å². The molecule has 0 radical (unpaired) electrons. The molecule has 1 aliphatic heterocycles. The molecule has 1 heterocycles. The van der Waals surface area contributed by atoms with Crippen molar-refractivity contribution in [3.05, 3.63) is 48.0 Å². The third-order valence-electron chi connectivity index (χ3n) is 4.65. The quantitative estimate of drug-likeness (QED) is 0.779. The second kappa shape index (κ2) is 9.60. The number of ether oxygens (including phenoxy) is 2. The molecule has 7 nitrogen and oxygen atoms in total. The van der Waals surface area contributed by atoms with Crippen LogP contribution in [0.4, 0.5) is 11.4 Å². The van der Waals surface area contributed by atoms with Crippen LogP contribution in [-0.2, 0) is 16.0 Å². The van der Waals surface area contributed by atoms with Gasteiger partial charge in [0.25, 0.3) is 5.91 Å². The summed E-state index contributed by atoms with van der Waals surface area (Å²) in [5.41, 5.74) is 2.11. The van der Waals surface area contributed by atoms with Crippen molar-refractivity contribution in [2.75, 3.05) is 30.5 Å². The average molecular weight is 393 g/mol. The van der Waals surface area contributed by atoms with E-state index in [-0.39, 0.29) is 18.4 Å². The van der Waals surface area contributed by atoms with E-state index in [9.17, 15) is 9.59 Å². The lowest BCUT2D eigenvalue weighted by Crippen LogP contribution is -2.35. The van der Waals surface area contributed by atoms with Crippen molar-refractivity contribution in [2.24, 2.45) is 0 Å². The number of hydrogen-bond acceptors (Lipinski definition) is 5. The molecule has 0 aliphatic carbocycles. The number of nitriles is 1. The Morgan fingerprint density at radius 2 is 2.00 bits per heavy atom. The zero-order chi connectivity index (χ0) is 20.6. The number of carbonyl (C=O) groups is 2. The van der Waals surface area contributed by atoms with Crippen LogP contribution in [0.25, 0.3) is 0 Å². The normalized spacial score (nSPS) is 13.5. The SMILES string of the molecule is COc1ccc(NC(=O)COc2ccc(CC#N)cc2)cc1N1CCCCC1=O. The van der Waals surface area contributed by atoms with Gasteiger partial charge in [-0.3, -0.25) is 9.59 Å². The van der Waals surface area contributed by atoms with Gasteiger partial charge in [0.05, 0.1) is 25.3 Å². The Kier molecular flexibility index (Phi) is 6.69. The zero-order valence-corrected chi connectivity index (χ0v) is 16.3. The molecule has 1 aliphatic rings. The molecule has 2 aromatic carbocycles. The first-order chi connectivity index (χ1) is 14.1. The highest BCUT2D eigenvalue weighted by atomic mass is 16.5. The number of nitrogens with zero attached hydrogens (tertiary/aromatic N) is 2. The van der Waals surface area contributed by atoms with E-state index in [0.717, 1.165) is 18.4 Å². The van der Waals surface area contributed by atoms with E-state index in [1.54, 1.807) is 54.5 Å². The molecule has 0 bridgehead atoms. The van der Waals surface area contributed by atoms with Gasteiger partial charge in [-0.05, 0) is 48.7 Å². The molecule has 0 saturated carbocycles. The van der Waals surface area contributed by atoms with Crippen molar-refractivity contribution >= 4 is 23.2 Å². The van der Waals surface area contributed by atoms with Crippen molar-refractivity contribution in [2.45, 2.75) is 25.7 Å². The van der Waals surface area contributed by atoms with Crippen LogP contribution in [0.5, 0.6) is 11.5 Å². The summed E-state index contributed by atoms with van der Waals surface area (Å²) >= 11 is 0. The monoisotopic (exact) mass is 393 g/mol. The minimum absolute atomic E-state index is 0.0567. The van der Waals surface area contributed by atoms with Crippen LogP contribution < -0.4 is 19.7 Å². The molecule has 1 N–H and O–H groups in total. The maximum atomic E-state index is 12.3. The maximum Gasteiger partial charge on any atom is 0.262 e. The number of benzene rings is 2. The van der Waals surface area contributed by atoms with Crippen LogP contribution in [0.2, 0.25) is 0 Å². The molecule has 2 aromatic rings. The van der Waals surface area contributed by atoms with Crippen molar-refractivity contribution in [1.29, 1.82) is 5.26 Å². The van der Waals surface area contributed by atoms with Gasteiger partial charge in [0, 0.05) is 18.7 Å². The Morgan fingerprint density at radius 1 is 1.21 bits per heavy atom. The zero-order valence-electron chi connectivity index (χ0n) is 16.3. The second-order valence-corrected chi connectivity index (χ2v) is 6.70. The summed E-state index contributed by atoms with van der Waals surface area (Å²) in [6, 6.07) is 14.3. The van der Waals surface area contributed by atoms with E-state index in [4.69, 9.17) is 14.7 Å². The fourth-order valence-electron chi connectivity index (χ4n) is 3.18. The van der Waals surface area contributed by atoms with Crippen molar-refractivity contribution in [3.8, 4) is 17.6 Å². The number of amides is 2. The smallest absolute Gasteiger partial charge is 0.262 e. The Balaban J connectivity index is 1.63. The van der Waals surface area contributed by atoms with E-state index in [2.05, 4.69) is 11.4 Å². The van der Waals surface area contributed by atoms with Crippen molar-refractivity contribution in [1.82, 2.24) is 0 Å². The highest BCUT2D eigenvalue weighted by Gasteiger charge is 2.23. The molecule has 150 valence electrons. The van der Waals surface area contributed by atoms with Gasteiger partial charge in [0.1, 0.15) is 11.5 Å². The van der Waals surface area contributed by atoms with Crippen LogP contribution in [0.3, 0.4) is 0 Å². The van der Waals surface area contributed by atoms with Crippen molar-refractivity contribution in [3.63, 3.8) is 0 Å². The maximum absolute atomic E-state index is 12.3. The summed E-state index contributed by atoms with van der Waals surface area (Å²) in [5, 5.41) is 11.5. The summed E-state index contributed by atoms with van der Waals surface area (Å²) < 4.78 is 10.9. The average Bonchev–Trinajstić information content (AvgIpc) is 2.74. The molecule has 7 heteroatoms. The van der Waals surface area contributed by atoms with Gasteiger partial charge >= 0.3 is 0 Å². The third kappa shape index (κ3) is 5.26. The number of nitrogens with one attached hydrogen (secondary N) is 1. The second-order valence-electron chi connectivity index (χ2n) is 6.70. The number of methoxy groups -OCH3 is 1. The van der Waals surface area contributed by atoms with Gasteiger partial charge in [0.15, 0.2) is 6.61 Å². The molecule has 0 atom stereocenters. The van der Waals surface area contributed by atoms with Gasteiger partial charge in [-0.1, -0.05) is 12.1 Å². The number of carbonyl (C=O) groups excluding carboxylic acids is 2. The van der Waals surface area contributed by atoms with Crippen LogP contribution >= 0.6 is 0 Å². The highest BCUT2D eigenvalue weighted by molar-refractivity contribution is 5.97. The predicted molar refractivity (Wildman–Crippen MR) is 109 cm³/mol. The fourth-order valence-corrected chi connectivity index (χ4v) is 3.18. The fraction of sp³-hybridized carbons (Fsp3) is 0.318. The predicted octanol–water partition coefficient (Wildman–Crippen LogP) is 3.30. The Hall–Kier alpha value is -3.53. The number of piperidine rings is 1. The van der Waals surface area contributed by atoms with Gasteiger partial charge < -0.3 is 19.7 Å². The topological polar surface area (TPSA) is 91.7 Å². The molecular weight excluding hydrogens is 370 g/mol. The first-order valence-corrected chi connectivity index (χ1v) is 9.47. The minimum atomic E-state index is -0.313. The molecule has 1 fully saturated rings. The van der Waals surface area contributed by atoms with Gasteiger partial charge in [0.2, 0.25) is 5.91 Å². The molecule has 0 spiro atoms. The lowest BCUT2D eigenvalue weighted by atomic mass is 10.1. The van der Waals surface area contributed by atoms with Crippen LogP contribution in [0, 0.1) is 11.3 Å². The first-order valence-electron chi connectivity index (χ1n) is 9.47. The van der Waals surface area contributed by atoms with E-state index in [0.29, 0.717) is 42.3 Å². The standard InChI is InChI=1S/C22H23N3O4/c1-28-20-10-7-17(14-19(20)25-13-3-2-4-22(25)27)24-21(26)15-29-18-8-5-16(6-9-18)11-12-23/h5-10,14H,2-4,11,13,15H2,1H3,(H,24,26). The highest BCUT2D eigenvalue weighted by Crippen LogP contribution is 2.33. The molecular formula is C22H23N3O4. The first kappa shape index (κ1) is 20.2. The summed E-state index contributed by atoms with van der Waals surface area (Å²) in [6.45, 7) is 0.485. The Labute approximate surface area is 169 Å².